The number of ether oxygens (including phenoxy) is 3. The molecule has 0 fully saturated rings. The highest BCUT2D eigenvalue weighted by Gasteiger charge is 2.19. The molecule has 0 aliphatic carbocycles. The summed E-state index contributed by atoms with van der Waals surface area (Å²) < 4.78 is 16.7. The molecule has 0 heterocycles. The lowest BCUT2D eigenvalue weighted by atomic mass is 10.1. The highest BCUT2D eigenvalue weighted by molar-refractivity contribution is 5.71. The fourth-order valence-electron chi connectivity index (χ4n) is 6.97. The molecule has 0 radical (unpaired) electrons. The van der Waals surface area contributed by atoms with Gasteiger partial charge in [0.2, 0.25) is 0 Å². The van der Waals surface area contributed by atoms with Crippen LogP contribution in [-0.2, 0) is 28.6 Å². The highest BCUT2D eigenvalue weighted by atomic mass is 16.6. The van der Waals surface area contributed by atoms with Crippen molar-refractivity contribution in [3.8, 4) is 0 Å². The molecule has 0 amide bonds. The van der Waals surface area contributed by atoms with Gasteiger partial charge in [0.25, 0.3) is 0 Å². The number of hydrogen-bond acceptors (Lipinski definition) is 6. The van der Waals surface area contributed by atoms with Gasteiger partial charge in [-0.1, -0.05) is 198 Å². The Morgan fingerprint density at radius 1 is 0.339 bits per heavy atom. The van der Waals surface area contributed by atoms with Crippen molar-refractivity contribution in [2.75, 3.05) is 13.2 Å². The molecule has 0 bridgehead atoms. The fourth-order valence-corrected chi connectivity index (χ4v) is 6.97. The van der Waals surface area contributed by atoms with E-state index in [4.69, 9.17) is 14.2 Å². The van der Waals surface area contributed by atoms with Gasteiger partial charge in [0, 0.05) is 19.3 Å². The van der Waals surface area contributed by atoms with Gasteiger partial charge in [-0.2, -0.15) is 0 Å². The van der Waals surface area contributed by atoms with Crippen LogP contribution in [0.3, 0.4) is 0 Å². The second kappa shape index (κ2) is 48.0. The Labute approximate surface area is 365 Å². The predicted octanol–water partition coefficient (Wildman–Crippen LogP) is 16.3. The molecule has 0 saturated carbocycles. The van der Waals surface area contributed by atoms with E-state index in [1.54, 1.807) is 0 Å². The minimum Gasteiger partial charge on any atom is -0.462 e. The number of carbonyl (C=O) groups excluding carboxylic acids is 3. The van der Waals surface area contributed by atoms with Crippen molar-refractivity contribution in [3.63, 3.8) is 0 Å². The second-order valence-electron chi connectivity index (χ2n) is 16.7. The first-order chi connectivity index (χ1) is 29.0. The number of unbranched alkanes of at least 4 members (excludes halogenated alkanes) is 26. The molecule has 0 spiro atoms. The molecule has 0 aromatic rings. The van der Waals surface area contributed by atoms with Crippen LogP contribution in [0.4, 0.5) is 0 Å². The summed E-state index contributed by atoms with van der Waals surface area (Å²) in [6, 6.07) is 0. The van der Waals surface area contributed by atoms with E-state index in [1.165, 1.54) is 116 Å². The third kappa shape index (κ3) is 46.3. The summed E-state index contributed by atoms with van der Waals surface area (Å²) in [6.45, 7) is 6.55. The largest absolute Gasteiger partial charge is 0.462 e. The average Bonchev–Trinajstić information content (AvgIpc) is 3.23. The van der Waals surface area contributed by atoms with E-state index in [0.29, 0.717) is 19.3 Å². The summed E-state index contributed by atoms with van der Waals surface area (Å²) in [5.74, 6) is -0.900. The summed E-state index contributed by atoms with van der Waals surface area (Å²) >= 11 is 0. The molecule has 1 atom stereocenters. The van der Waals surface area contributed by atoms with E-state index in [1.807, 2.05) is 0 Å². The van der Waals surface area contributed by atoms with E-state index < -0.39 is 6.10 Å². The van der Waals surface area contributed by atoms with Crippen molar-refractivity contribution in [3.05, 3.63) is 48.6 Å². The van der Waals surface area contributed by atoms with Crippen LogP contribution in [0.2, 0.25) is 0 Å². The number of hydrogen-bond donors (Lipinski definition) is 0. The van der Waals surface area contributed by atoms with E-state index in [9.17, 15) is 14.4 Å². The minimum absolute atomic E-state index is 0.0799. The van der Waals surface area contributed by atoms with Gasteiger partial charge in [0.05, 0.1) is 0 Å². The molecule has 0 saturated heterocycles. The second-order valence-corrected chi connectivity index (χ2v) is 16.7. The maximum Gasteiger partial charge on any atom is 0.306 e. The smallest absolute Gasteiger partial charge is 0.306 e. The summed E-state index contributed by atoms with van der Waals surface area (Å²) in [4.78, 5) is 37.8. The number of rotatable bonds is 45. The molecule has 59 heavy (non-hydrogen) atoms. The summed E-state index contributed by atoms with van der Waals surface area (Å²) in [5, 5.41) is 0. The van der Waals surface area contributed by atoms with E-state index >= 15 is 0 Å². The number of allylic oxidation sites excluding steroid dienone is 8. The number of esters is 3. The average molecular weight is 827 g/mol. The van der Waals surface area contributed by atoms with Crippen LogP contribution in [-0.4, -0.2) is 37.2 Å². The summed E-state index contributed by atoms with van der Waals surface area (Å²) in [5.41, 5.74) is 0. The molecule has 0 aliphatic rings. The van der Waals surface area contributed by atoms with Crippen LogP contribution in [0.25, 0.3) is 0 Å². The monoisotopic (exact) mass is 827 g/mol. The molecule has 0 aromatic heterocycles. The van der Waals surface area contributed by atoms with Crippen molar-refractivity contribution in [1.29, 1.82) is 0 Å². The predicted molar refractivity (Wildman–Crippen MR) is 252 cm³/mol. The van der Waals surface area contributed by atoms with Crippen LogP contribution in [0, 0.1) is 0 Å². The Balaban J connectivity index is 4.35. The van der Waals surface area contributed by atoms with Gasteiger partial charge >= 0.3 is 17.9 Å². The van der Waals surface area contributed by atoms with Gasteiger partial charge in [-0.25, -0.2) is 0 Å². The van der Waals surface area contributed by atoms with E-state index in [0.717, 1.165) is 96.3 Å². The lowest BCUT2D eigenvalue weighted by Crippen LogP contribution is -2.30. The van der Waals surface area contributed by atoms with Gasteiger partial charge in [0.15, 0.2) is 6.10 Å². The first-order valence-corrected chi connectivity index (χ1v) is 25.1. The first-order valence-electron chi connectivity index (χ1n) is 25.1. The van der Waals surface area contributed by atoms with Gasteiger partial charge < -0.3 is 14.2 Å². The molecule has 1 unspecified atom stereocenters. The third-order valence-corrected chi connectivity index (χ3v) is 10.8. The molecular formula is C53H94O6. The maximum atomic E-state index is 12.8. The van der Waals surface area contributed by atoms with Crippen LogP contribution in [0.5, 0.6) is 0 Å². The van der Waals surface area contributed by atoms with Crippen molar-refractivity contribution >= 4 is 17.9 Å². The van der Waals surface area contributed by atoms with Crippen LogP contribution >= 0.6 is 0 Å². The standard InChI is InChI=1S/C53H94O6/c1-4-7-10-13-16-19-21-23-25-26-28-29-31-34-37-40-43-46-52(55)58-49-50(48-57-51(54)45-42-39-36-33-18-15-12-9-6-3)59-53(56)47-44-41-38-35-32-30-27-24-22-20-17-14-11-8-5-2/h16-17,19-20,23-25,27,50H,4-15,18,21-22,26,28-49H2,1-3H3/b19-16-,20-17-,25-23-,27-24-. The van der Waals surface area contributed by atoms with Crippen molar-refractivity contribution in [1.82, 2.24) is 0 Å². The van der Waals surface area contributed by atoms with Gasteiger partial charge in [-0.15, -0.1) is 0 Å². The van der Waals surface area contributed by atoms with Crippen LogP contribution in [0.15, 0.2) is 48.6 Å². The van der Waals surface area contributed by atoms with Gasteiger partial charge in [0.1, 0.15) is 13.2 Å². The normalized spacial score (nSPS) is 12.4. The Morgan fingerprint density at radius 3 is 0.966 bits per heavy atom. The molecule has 342 valence electrons. The summed E-state index contributed by atoms with van der Waals surface area (Å²) in [6.07, 6.45) is 56.6. The zero-order chi connectivity index (χ0) is 43.0. The molecule has 0 aliphatic heterocycles. The Kier molecular flexibility index (Phi) is 45.9. The van der Waals surface area contributed by atoms with E-state index in [2.05, 4.69) is 69.4 Å². The van der Waals surface area contributed by atoms with Crippen molar-refractivity contribution in [2.45, 2.75) is 258 Å². The molecular weight excluding hydrogens is 733 g/mol. The zero-order valence-corrected chi connectivity index (χ0v) is 39.0. The van der Waals surface area contributed by atoms with Crippen molar-refractivity contribution < 1.29 is 28.6 Å². The topological polar surface area (TPSA) is 78.9 Å². The Morgan fingerprint density at radius 2 is 0.610 bits per heavy atom. The third-order valence-electron chi connectivity index (χ3n) is 10.8. The SMILES string of the molecule is CCCCC/C=C\C/C=C\CCCCCCCCCC(=O)OCC(COC(=O)CCCCCCCCCCC)OC(=O)CCCCCCC/C=C\C/C=C\CCCCC. The van der Waals surface area contributed by atoms with Gasteiger partial charge in [-0.05, 0) is 83.5 Å². The molecule has 0 rings (SSSR count). The molecule has 6 heteroatoms. The Bertz CT molecular complexity index is 1040. The molecule has 0 N–H and O–H groups in total. The van der Waals surface area contributed by atoms with E-state index in [-0.39, 0.29) is 31.1 Å². The highest BCUT2D eigenvalue weighted by Crippen LogP contribution is 2.14. The van der Waals surface area contributed by atoms with Crippen LogP contribution < -0.4 is 0 Å². The van der Waals surface area contributed by atoms with Crippen molar-refractivity contribution in [2.24, 2.45) is 0 Å². The lowest BCUT2D eigenvalue weighted by Gasteiger charge is -2.18. The summed E-state index contributed by atoms with van der Waals surface area (Å²) in [7, 11) is 0. The Hall–Kier alpha value is -2.63. The fraction of sp³-hybridized carbons (Fsp3) is 0.792. The molecule has 0 aromatic carbocycles. The zero-order valence-electron chi connectivity index (χ0n) is 39.0. The number of carbonyl (C=O) groups is 3. The molecule has 6 nitrogen and oxygen atoms in total. The quantitative estimate of drug-likeness (QED) is 0.0263. The minimum atomic E-state index is -0.779. The van der Waals surface area contributed by atoms with Gasteiger partial charge in [-0.3, -0.25) is 14.4 Å². The lowest BCUT2D eigenvalue weighted by molar-refractivity contribution is -0.167. The first kappa shape index (κ1) is 56.4. The maximum absolute atomic E-state index is 12.8. The van der Waals surface area contributed by atoms with Crippen LogP contribution in [0.1, 0.15) is 252 Å².